The number of allylic oxidation sites excluding steroid dienone is 1. The summed E-state index contributed by atoms with van der Waals surface area (Å²) in [5.74, 6) is 1.58. The van der Waals surface area contributed by atoms with Crippen molar-refractivity contribution in [1.82, 2.24) is 4.98 Å². The lowest BCUT2D eigenvalue weighted by Gasteiger charge is -2.17. The maximum absolute atomic E-state index is 9.40. The second-order valence-electron chi connectivity index (χ2n) is 5.02. The van der Waals surface area contributed by atoms with Crippen LogP contribution in [0.5, 0.6) is 17.2 Å². The van der Waals surface area contributed by atoms with E-state index in [1.807, 2.05) is 6.07 Å². The molecule has 0 atom stereocenters. The number of rotatable bonds is 7. The highest BCUT2D eigenvalue weighted by molar-refractivity contribution is 5.81. The molecule has 0 bridgehead atoms. The molecule has 126 valence electrons. The van der Waals surface area contributed by atoms with E-state index in [1.165, 1.54) is 0 Å². The van der Waals surface area contributed by atoms with Gasteiger partial charge in [-0.15, -0.1) is 6.58 Å². The molecule has 6 heteroatoms. The van der Waals surface area contributed by atoms with Crippen molar-refractivity contribution in [2.24, 2.45) is 5.73 Å². The molecule has 2 aromatic rings. The van der Waals surface area contributed by atoms with Crippen LogP contribution in [0.1, 0.15) is 17.0 Å². The number of nitrogens with zero attached hydrogens (tertiary/aromatic N) is 1. The number of methoxy groups -OCH3 is 3. The highest BCUT2D eigenvalue weighted by atomic mass is 16.5. The Labute approximate surface area is 141 Å². The number of ether oxygens (including phenoxy) is 3. The molecule has 3 N–H and O–H groups in total. The molecular formula is C18H21N3O3. The Morgan fingerprint density at radius 2 is 1.92 bits per heavy atom. The number of H-pyrrole nitrogens is 1. The lowest BCUT2D eigenvalue weighted by atomic mass is 9.96. The van der Waals surface area contributed by atoms with Crippen molar-refractivity contribution in [2.45, 2.75) is 13.0 Å². The predicted molar refractivity (Wildman–Crippen MR) is 92.4 cm³/mol. The van der Waals surface area contributed by atoms with Crippen LogP contribution in [0.4, 0.5) is 0 Å². The summed E-state index contributed by atoms with van der Waals surface area (Å²) in [5.41, 5.74) is 9.56. The van der Waals surface area contributed by atoms with Crippen LogP contribution in [-0.2, 0) is 13.0 Å². The van der Waals surface area contributed by atoms with Gasteiger partial charge in [0.15, 0.2) is 11.5 Å². The largest absolute Gasteiger partial charge is 0.493 e. The van der Waals surface area contributed by atoms with Crippen molar-refractivity contribution in [3.05, 3.63) is 41.7 Å². The number of nitrogens with two attached hydrogens (primary N) is 1. The first-order valence-electron chi connectivity index (χ1n) is 7.40. The number of nitriles is 1. The zero-order chi connectivity index (χ0) is 17.7. The lowest BCUT2D eigenvalue weighted by Crippen LogP contribution is -2.01. The van der Waals surface area contributed by atoms with Crippen LogP contribution in [0.25, 0.3) is 11.1 Å². The SMILES string of the molecule is C=CCc1c(C#N)[nH]c(CN)c1-c1ccc(OC)c(OC)c1OC. The van der Waals surface area contributed by atoms with Gasteiger partial charge in [-0.1, -0.05) is 6.08 Å². The maximum atomic E-state index is 9.40. The van der Waals surface area contributed by atoms with Crippen molar-refractivity contribution >= 4 is 0 Å². The summed E-state index contributed by atoms with van der Waals surface area (Å²) in [4.78, 5) is 3.09. The van der Waals surface area contributed by atoms with Gasteiger partial charge in [0.1, 0.15) is 11.8 Å². The molecule has 0 unspecified atom stereocenters. The smallest absolute Gasteiger partial charge is 0.203 e. The molecule has 1 aromatic heterocycles. The zero-order valence-corrected chi connectivity index (χ0v) is 14.1. The summed E-state index contributed by atoms with van der Waals surface area (Å²) in [6.07, 6.45) is 2.28. The molecule has 1 aromatic carbocycles. The predicted octanol–water partition coefficient (Wildman–Crippen LogP) is 2.77. The summed E-state index contributed by atoms with van der Waals surface area (Å²) < 4.78 is 16.3. The standard InChI is InChI=1S/C18H21N3O3/c1-5-6-11-13(9-19)21-14(10-20)16(11)12-7-8-15(22-2)18(24-4)17(12)23-3/h5,7-8,21H,1,6,10,20H2,2-4H3. The van der Waals surface area contributed by atoms with Crippen LogP contribution in [0, 0.1) is 11.3 Å². The first-order chi connectivity index (χ1) is 11.7. The van der Waals surface area contributed by atoms with E-state index in [-0.39, 0.29) is 6.54 Å². The third-order valence-corrected chi connectivity index (χ3v) is 3.82. The van der Waals surface area contributed by atoms with Gasteiger partial charge >= 0.3 is 0 Å². The van der Waals surface area contributed by atoms with Crippen molar-refractivity contribution in [2.75, 3.05) is 21.3 Å². The average molecular weight is 327 g/mol. The van der Waals surface area contributed by atoms with Gasteiger partial charge in [-0.3, -0.25) is 0 Å². The lowest BCUT2D eigenvalue weighted by molar-refractivity contribution is 0.325. The monoisotopic (exact) mass is 327 g/mol. The Kier molecular flexibility index (Phi) is 5.51. The Hall–Kier alpha value is -2.91. The molecule has 0 aliphatic rings. The molecule has 0 aliphatic carbocycles. The molecule has 2 rings (SSSR count). The Morgan fingerprint density at radius 3 is 2.42 bits per heavy atom. The number of nitrogens with one attached hydrogen (secondary N) is 1. The topological polar surface area (TPSA) is 93.3 Å². The van der Waals surface area contributed by atoms with Gasteiger partial charge in [0.2, 0.25) is 5.75 Å². The van der Waals surface area contributed by atoms with E-state index >= 15 is 0 Å². The van der Waals surface area contributed by atoms with Crippen LogP contribution >= 0.6 is 0 Å². The zero-order valence-electron chi connectivity index (χ0n) is 14.1. The fraction of sp³-hybridized carbons (Fsp3) is 0.278. The molecule has 6 nitrogen and oxygen atoms in total. The number of aromatic nitrogens is 1. The molecular weight excluding hydrogens is 306 g/mol. The van der Waals surface area contributed by atoms with Crippen LogP contribution in [0.2, 0.25) is 0 Å². The average Bonchev–Trinajstić information content (AvgIpc) is 2.97. The Bertz CT molecular complexity index is 788. The minimum Gasteiger partial charge on any atom is -0.493 e. The van der Waals surface area contributed by atoms with Crippen molar-refractivity contribution < 1.29 is 14.2 Å². The van der Waals surface area contributed by atoms with Gasteiger partial charge in [-0.25, -0.2) is 0 Å². The summed E-state index contributed by atoms with van der Waals surface area (Å²) in [5, 5.41) is 9.40. The molecule has 0 amide bonds. The fourth-order valence-corrected chi connectivity index (χ4v) is 2.82. The summed E-state index contributed by atoms with van der Waals surface area (Å²) in [7, 11) is 4.68. The molecule has 0 saturated carbocycles. The minimum absolute atomic E-state index is 0.263. The van der Waals surface area contributed by atoms with E-state index in [1.54, 1.807) is 33.5 Å². The fourth-order valence-electron chi connectivity index (χ4n) is 2.82. The number of hydrogen-bond donors (Lipinski definition) is 2. The molecule has 0 fully saturated rings. The van der Waals surface area contributed by atoms with Crippen molar-refractivity contribution in [3.63, 3.8) is 0 Å². The summed E-state index contributed by atoms with van der Waals surface area (Å²) >= 11 is 0. The van der Waals surface area contributed by atoms with Crippen molar-refractivity contribution in [3.8, 4) is 34.4 Å². The van der Waals surface area contributed by atoms with E-state index < -0.39 is 0 Å². The highest BCUT2D eigenvalue weighted by Crippen LogP contribution is 2.46. The summed E-state index contributed by atoms with van der Waals surface area (Å²) in [6, 6.07) is 5.85. The van der Waals surface area contributed by atoms with E-state index in [4.69, 9.17) is 19.9 Å². The molecule has 0 spiro atoms. The van der Waals surface area contributed by atoms with Crippen molar-refractivity contribution in [1.29, 1.82) is 5.26 Å². The van der Waals surface area contributed by atoms with Gasteiger partial charge in [-0.05, 0) is 24.1 Å². The Morgan fingerprint density at radius 1 is 1.21 bits per heavy atom. The van der Waals surface area contributed by atoms with Gasteiger partial charge in [0.25, 0.3) is 0 Å². The maximum Gasteiger partial charge on any atom is 0.203 e. The number of benzene rings is 1. The second kappa shape index (κ2) is 7.57. The third kappa shape index (κ3) is 2.82. The first-order valence-corrected chi connectivity index (χ1v) is 7.40. The molecule has 1 heterocycles. The van der Waals surface area contributed by atoms with Gasteiger partial charge in [0, 0.05) is 23.4 Å². The molecule has 0 saturated heterocycles. The van der Waals surface area contributed by atoms with Crippen LogP contribution < -0.4 is 19.9 Å². The molecule has 24 heavy (non-hydrogen) atoms. The van der Waals surface area contributed by atoms with Crippen LogP contribution in [0.15, 0.2) is 24.8 Å². The van der Waals surface area contributed by atoms with Crippen LogP contribution in [0.3, 0.4) is 0 Å². The third-order valence-electron chi connectivity index (χ3n) is 3.82. The quantitative estimate of drug-likeness (QED) is 0.763. The minimum atomic E-state index is 0.263. The number of aromatic amines is 1. The van der Waals surface area contributed by atoms with Crippen LogP contribution in [-0.4, -0.2) is 26.3 Å². The van der Waals surface area contributed by atoms with E-state index in [2.05, 4.69) is 17.6 Å². The second-order valence-corrected chi connectivity index (χ2v) is 5.02. The molecule has 0 radical (unpaired) electrons. The first kappa shape index (κ1) is 17.4. The molecule has 0 aliphatic heterocycles. The summed E-state index contributed by atoms with van der Waals surface area (Å²) in [6.45, 7) is 4.04. The van der Waals surface area contributed by atoms with Gasteiger partial charge < -0.3 is 24.9 Å². The van der Waals surface area contributed by atoms with E-state index in [0.29, 0.717) is 29.4 Å². The van der Waals surface area contributed by atoms with Gasteiger partial charge in [0.05, 0.1) is 21.3 Å². The Balaban J connectivity index is 2.83. The van der Waals surface area contributed by atoms with E-state index in [9.17, 15) is 5.26 Å². The van der Waals surface area contributed by atoms with E-state index in [0.717, 1.165) is 22.4 Å². The highest BCUT2D eigenvalue weighted by Gasteiger charge is 2.24. The normalized spacial score (nSPS) is 10.1. The van der Waals surface area contributed by atoms with Gasteiger partial charge in [-0.2, -0.15) is 5.26 Å². The number of hydrogen-bond acceptors (Lipinski definition) is 5.